The third kappa shape index (κ3) is 5.05. The summed E-state index contributed by atoms with van der Waals surface area (Å²) in [4.78, 5) is 12.2. The summed E-state index contributed by atoms with van der Waals surface area (Å²) in [7, 11) is 1.87. The Kier molecular flexibility index (Phi) is 6.59. The number of para-hydroxylation sites is 1. The standard InChI is InChI=1S/C20H21ClN4O2S/c1-13-6-4-5-7-17(13)27-14(2)19-23-24-20(25(19)3)28-12-18(26)22-16-10-8-15(21)9-11-16/h4-11,14H,12H2,1-3H3,(H,22,26). The van der Waals surface area contributed by atoms with Gasteiger partial charge >= 0.3 is 0 Å². The fraction of sp³-hybridized carbons (Fsp3) is 0.250. The van der Waals surface area contributed by atoms with Gasteiger partial charge in [0.05, 0.1) is 5.75 Å². The van der Waals surface area contributed by atoms with Crippen molar-refractivity contribution in [1.29, 1.82) is 0 Å². The van der Waals surface area contributed by atoms with Crippen molar-refractivity contribution in [2.24, 2.45) is 7.05 Å². The number of carbonyl (C=O) groups excluding carboxylic acids is 1. The summed E-state index contributed by atoms with van der Waals surface area (Å²) in [6.07, 6.45) is -0.268. The van der Waals surface area contributed by atoms with Crippen molar-refractivity contribution in [1.82, 2.24) is 14.8 Å². The lowest BCUT2D eigenvalue weighted by atomic mass is 10.2. The van der Waals surface area contributed by atoms with Crippen LogP contribution in [0.4, 0.5) is 5.69 Å². The van der Waals surface area contributed by atoms with Gasteiger partial charge < -0.3 is 14.6 Å². The van der Waals surface area contributed by atoms with Crippen molar-refractivity contribution in [2.75, 3.05) is 11.1 Å². The Labute approximate surface area is 173 Å². The zero-order chi connectivity index (χ0) is 20.1. The number of rotatable bonds is 7. The normalized spacial score (nSPS) is 11.9. The molecule has 0 bridgehead atoms. The Morgan fingerprint density at radius 1 is 1.21 bits per heavy atom. The van der Waals surface area contributed by atoms with E-state index in [0.29, 0.717) is 21.7 Å². The SMILES string of the molecule is Cc1ccccc1OC(C)c1nnc(SCC(=O)Nc2ccc(Cl)cc2)n1C. The van der Waals surface area contributed by atoms with Crippen LogP contribution in [0.25, 0.3) is 0 Å². The molecule has 8 heteroatoms. The molecule has 2 aromatic carbocycles. The van der Waals surface area contributed by atoms with Crippen LogP contribution in [0.3, 0.4) is 0 Å². The Hall–Kier alpha value is -2.51. The molecule has 6 nitrogen and oxygen atoms in total. The fourth-order valence-electron chi connectivity index (χ4n) is 2.60. The van der Waals surface area contributed by atoms with Gasteiger partial charge in [0, 0.05) is 17.8 Å². The van der Waals surface area contributed by atoms with Crippen molar-refractivity contribution in [3.8, 4) is 5.75 Å². The van der Waals surface area contributed by atoms with Gasteiger partial charge in [0.2, 0.25) is 5.91 Å². The number of halogens is 1. The highest BCUT2D eigenvalue weighted by Crippen LogP contribution is 2.25. The van der Waals surface area contributed by atoms with Gasteiger partial charge in [-0.15, -0.1) is 10.2 Å². The highest BCUT2D eigenvalue weighted by atomic mass is 35.5. The number of amides is 1. The molecule has 1 atom stereocenters. The number of thioether (sulfide) groups is 1. The van der Waals surface area contributed by atoms with E-state index in [9.17, 15) is 4.79 Å². The lowest BCUT2D eigenvalue weighted by molar-refractivity contribution is -0.113. The summed E-state index contributed by atoms with van der Waals surface area (Å²) < 4.78 is 7.87. The minimum Gasteiger partial charge on any atom is -0.482 e. The summed E-state index contributed by atoms with van der Waals surface area (Å²) in [6, 6.07) is 14.8. The molecule has 1 amide bonds. The van der Waals surface area contributed by atoms with Gasteiger partial charge in [-0.2, -0.15) is 0 Å². The van der Waals surface area contributed by atoms with E-state index >= 15 is 0 Å². The number of benzene rings is 2. The third-order valence-corrected chi connectivity index (χ3v) is 5.36. The molecule has 3 aromatic rings. The van der Waals surface area contributed by atoms with E-state index in [0.717, 1.165) is 11.3 Å². The number of nitrogens with zero attached hydrogens (tertiary/aromatic N) is 3. The molecule has 0 aliphatic carbocycles. The average Bonchev–Trinajstić information content (AvgIpc) is 3.04. The van der Waals surface area contributed by atoms with Crippen LogP contribution in [0.1, 0.15) is 24.4 Å². The summed E-state index contributed by atoms with van der Waals surface area (Å²) >= 11 is 7.17. The number of hydrogen-bond acceptors (Lipinski definition) is 5. The van der Waals surface area contributed by atoms with Crippen LogP contribution in [0.5, 0.6) is 5.75 Å². The van der Waals surface area contributed by atoms with Gasteiger partial charge in [-0.25, -0.2) is 0 Å². The summed E-state index contributed by atoms with van der Waals surface area (Å²) in [5.41, 5.74) is 1.76. The Balaban J connectivity index is 1.58. The molecule has 0 saturated heterocycles. The number of ether oxygens (including phenoxy) is 1. The predicted molar refractivity (Wildman–Crippen MR) is 112 cm³/mol. The van der Waals surface area contributed by atoms with Crippen LogP contribution < -0.4 is 10.1 Å². The maximum Gasteiger partial charge on any atom is 0.234 e. The van der Waals surface area contributed by atoms with Crippen LogP contribution in [0, 0.1) is 6.92 Å². The summed E-state index contributed by atoms with van der Waals surface area (Å²) in [5, 5.41) is 12.5. The first-order valence-corrected chi connectivity index (χ1v) is 10.1. The molecular weight excluding hydrogens is 396 g/mol. The van der Waals surface area contributed by atoms with Crippen molar-refractivity contribution in [2.45, 2.75) is 25.1 Å². The second-order valence-electron chi connectivity index (χ2n) is 6.27. The topological polar surface area (TPSA) is 69.0 Å². The molecule has 0 aliphatic rings. The molecule has 0 saturated carbocycles. The molecule has 0 fully saturated rings. The molecule has 0 aliphatic heterocycles. The lowest BCUT2D eigenvalue weighted by Gasteiger charge is -2.15. The van der Waals surface area contributed by atoms with Crippen molar-refractivity contribution in [3.63, 3.8) is 0 Å². The molecule has 0 radical (unpaired) electrons. The molecule has 28 heavy (non-hydrogen) atoms. The van der Waals surface area contributed by atoms with Gasteiger partial charge in [0.1, 0.15) is 5.75 Å². The molecular formula is C20H21ClN4O2S. The second kappa shape index (κ2) is 9.12. The monoisotopic (exact) mass is 416 g/mol. The van der Waals surface area contributed by atoms with Gasteiger partial charge in [0.25, 0.3) is 0 Å². The van der Waals surface area contributed by atoms with Gasteiger partial charge in [-0.1, -0.05) is 41.6 Å². The molecule has 146 valence electrons. The van der Waals surface area contributed by atoms with Crippen molar-refractivity contribution < 1.29 is 9.53 Å². The van der Waals surface area contributed by atoms with Crippen LogP contribution in [0.15, 0.2) is 53.7 Å². The van der Waals surface area contributed by atoms with Crippen molar-refractivity contribution in [3.05, 3.63) is 64.9 Å². The first-order chi connectivity index (χ1) is 13.4. The average molecular weight is 417 g/mol. The molecule has 1 N–H and O–H groups in total. The highest BCUT2D eigenvalue weighted by molar-refractivity contribution is 7.99. The first kappa shape index (κ1) is 20.2. The van der Waals surface area contributed by atoms with Gasteiger partial charge in [-0.05, 0) is 49.7 Å². The van der Waals surface area contributed by atoms with Gasteiger partial charge in [0.15, 0.2) is 17.1 Å². The van der Waals surface area contributed by atoms with E-state index in [1.54, 1.807) is 24.3 Å². The lowest BCUT2D eigenvalue weighted by Crippen LogP contribution is -2.14. The van der Waals surface area contributed by atoms with E-state index in [4.69, 9.17) is 16.3 Å². The number of nitrogens with one attached hydrogen (secondary N) is 1. The number of aromatic nitrogens is 3. The molecule has 0 spiro atoms. The second-order valence-corrected chi connectivity index (χ2v) is 7.65. The Bertz CT molecular complexity index is 959. The number of aryl methyl sites for hydroxylation is 1. The van der Waals surface area contributed by atoms with Crippen molar-refractivity contribution >= 4 is 35.0 Å². The van der Waals surface area contributed by atoms with Crippen LogP contribution >= 0.6 is 23.4 Å². The minimum absolute atomic E-state index is 0.124. The Morgan fingerprint density at radius 3 is 2.64 bits per heavy atom. The molecule has 1 aromatic heterocycles. The third-order valence-electron chi connectivity index (χ3n) is 4.09. The van der Waals surface area contributed by atoms with Crippen LogP contribution in [-0.4, -0.2) is 26.4 Å². The maximum absolute atomic E-state index is 12.2. The number of anilines is 1. The maximum atomic E-state index is 12.2. The van der Waals surface area contributed by atoms with Gasteiger partial charge in [-0.3, -0.25) is 4.79 Å². The fourth-order valence-corrected chi connectivity index (χ4v) is 3.44. The number of hydrogen-bond donors (Lipinski definition) is 1. The van der Waals surface area contributed by atoms with Crippen LogP contribution in [-0.2, 0) is 11.8 Å². The molecule has 3 rings (SSSR count). The quantitative estimate of drug-likeness (QED) is 0.568. The van der Waals surface area contributed by atoms with E-state index in [-0.39, 0.29) is 17.8 Å². The smallest absolute Gasteiger partial charge is 0.234 e. The summed E-state index contributed by atoms with van der Waals surface area (Å²) in [5.74, 6) is 1.61. The van der Waals surface area contributed by atoms with E-state index in [1.807, 2.05) is 49.7 Å². The molecule has 1 unspecified atom stereocenters. The number of carbonyl (C=O) groups is 1. The predicted octanol–water partition coefficient (Wildman–Crippen LogP) is 4.65. The van der Waals surface area contributed by atoms with Crippen LogP contribution in [0.2, 0.25) is 5.02 Å². The first-order valence-electron chi connectivity index (χ1n) is 8.74. The summed E-state index contributed by atoms with van der Waals surface area (Å²) in [6.45, 7) is 3.93. The van der Waals surface area contributed by atoms with E-state index in [2.05, 4.69) is 15.5 Å². The largest absolute Gasteiger partial charge is 0.482 e. The molecule has 1 heterocycles. The Morgan fingerprint density at radius 2 is 1.93 bits per heavy atom. The van der Waals surface area contributed by atoms with E-state index in [1.165, 1.54) is 11.8 Å². The highest BCUT2D eigenvalue weighted by Gasteiger charge is 2.18. The zero-order valence-electron chi connectivity index (χ0n) is 15.8. The minimum atomic E-state index is -0.268. The van der Waals surface area contributed by atoms with E-state index < -0.39 is 0 Å². The zero-order valence-corrected chi connectivity index (χ0v) is 17.4.